The molecule has 4 aromatic carbocycles. The lowest BCUT2D eigenvalue weighted by Crippen LogP contribution is -2.40. The summed E-state index contributed by atoms with van der Waals surface area (Å²) in [5.74, 6) is 2.43. The molecule has 0 radical (unpaired) electrons. The number of carboxylic acid groups (broad SMARTS) is 1. The first-order valence-electron chi connectivity index (χ1n) is 18.1. The molecule has 0 bridgehead atoms. The summed E-state index contributed by atoms with van der Waals surface area (Å²) in [6, 6.07) is 29.0. The highest BCUT2D eigenvalue weighted by Crippen LogP contribution is 2.31. The zero-order valence-corrected chi connectivity index (χ0v) is 32.5. The molecule has 1 aliphatic rings. The Labute approximate surface area is 319 Å². The molecule has 6 aromatic rings. The molecular weight excluding hydrogens is 767 g/mol. The van der Waals surface area contributed by atoms with Crippen molar-refractivity contribution in [2.24, 2.45) is 5.92 Å². The van der Waals surface area contributed by atoms with E-state index in [1.807, 2.05) is 51.1 Å². The van der Waals surface area contributed by atoms with E-state index in [0.29, 0.717) is 37.3 Å². The van der Waals surface area contributed by atoms with Crippen molar-refractivity contribution in [2.75, 3.05) is 6.61 Å². The summed E-state index contributed by atoms with van der Waals surface area (Å²) in [5.41, 5.74) is 2.73. The molecule has 1 saturated carbocycles. The van der Waals surface area contributed by atoms with Crippen LogP contribution in [0, 0.1) is 19.8 Å². The number of halogens is 1. The van der Waals surface area contributed by atoms with Crippen LogP contribution in [0.2, 0.25) is 0 Å². The molecule has 3 atom stereocenters. The van der Waals surface area contributed by atoms with Crippen molar-refractivity contribution in [3.63, 3.8) is 0 Å². The van der Waals surface area contributed by atoms with Crippen LogP contribution in [0.15, 0.2) is 93.8 Å². The lowest BCUT2D eigenvalue weighted by molar-refractivity contribution is -0.167. The number of aromatic nitrogens is 2. The second kappa shape index (κ2) is 17.2. The van der Waals surface area contributed by atoms with Gasteiger partial charge in [0.15, 0.2) is 5.60 Å². The maximum Gasteiger partial charge on any atom is 0.335 e. The minimum absolute atomic E-state index is 0.116. The Hall–Kier alpha value is -4.06. The van der Waals surface area contributed by atoms with Gasteiger partial charge in [-0.15, -0.1) is 0 Å². The first-order valence-corrected chi connectivity index (χ1v) is 19.6. The fourth-order valence-corrected chi connectivity index (χ4v) is 7.47. The van der Waals surface area contributed by atoms with E-state index in [0.717, 1.165) is 76.0 Å². The van der Waals surface area contributed by atoms with Gasteiger partial charge >= 0.3 is 5.97 Å². The smallest absolute Gasteiger partial charge is 0.335 e. The highest BCUT2D eigenvalue weighted by molar-refractivity contribution is 14.1. The molecule has 52 heavy (non-hydrogen) atoms. The zero-order chi connectivity index (χ0) is 36.7. The predicted octanol–water partition coefficient (Wildman–Crippen LogP) is 11.3. The monoisotopic (exact) mass is 814 g/mol. The van der Waals surface area contributed by atoms with Gasteiger partial charge in [0.1, 0.15) is 17.2 Å². The number of carboxylic acids is 1. The second-order valence-electron chi connectivity index (χ2n) is 13.9. The fraction of sp³-hybridized carbons (Fsp3) is 0.372. The number of oxazole rings is 2. The highest BCUT2D eigenvalue weighted by atomic mass is 127. The van der Waals surface area contributed by atoms with Crippen LogP contribution in [0.25, 0.3) is 44.5 Å². The first kappa shape index (κ1) is 37.7. The standard InChI is InChI=1S/C28H35NO5.C15H12INO/c1-4-14-28(3,27(30)31)33-17-20-8-7-11-24(15-20)32-18-25-19(2)34-26(29-25)23-13-12-21-9-5-6-10-22(21)16-23;1-10-14(9-16)17-15(18-10)13-7-6-11-4-2-3-5-12(11)8-13/h5-6,9-10,12-13,16,20,24H,4,7-8,11,14-15,17-18H2,1-3H3,(H,30,31);2-8H,9H2,1H3/t20-,24+,28?;/m1./s1. The van der Waals surface area contributed by atoms with Crippen LogP contribution >= 0.6 is 22.6 Å². The minimum atomic E-state index is -1.11. The average molecular weight is 815 g/mol. The Morgan fingerprint density at radius 3 is 1.94 bits per heavy atom. The molecule has 9 heteroatoms. The highest BCUT2D eigenvalue weighted by Gasteiger charge is 2.35. The van der Waals surface area contributed by atoms with Crippen LogP contribution in [0.1, 0.15) is 75.3 Å². The first-order chi connectivity index (χ1) is 25.2. The molecular formula is C43H47IN2O6. The molecule has 1 N–H and O–H groups in total. The number of hydrogen-bond acceptors (Lipinski definition) is 7. The van der Waals surface area contributed by atoms with Crippen LogP contribution in [0.4, 0.5) is 0 Å². The Bertz CT molecular complexity index is 2120. The molecule has 1 fully saturated rings. The Morgan fingerprint density at radius 1 is 0.846 bits per heavy atom. The lowest BCUT2D eigenvalue weighted by Gasteiger charge is -2.32. The number of aliphatic carboxylic acids is 1. The third-order valence-corrected chi connectivity index (χ3v) is 10.6. The van der Waals surface area contributed by atoms with E-state index in [1.54, 1.807) is 6.92 Å². The molecule has 0 spiro atoms. The van der Waals surface area contributed by atoms with E-state index >= 15 is 0 Å². The van der Waals surface area contributed by atoms with E-state index in [4.69, 9.17) is 23.3 Å². The maximum absolute atomic E-state index is 11.6. The van der Waals surface area contributed by atoms with Crippen molar-refractivity contribution in [3.8, 4) is 22.9 Å². The maximum atomic E-state index is 11.6. The van der Waals surface area contributed by atoms with Crippen molar-refractivity contribution >= 4 is 50.1 Å². The number of rotatable bonds is 12. The Balaban J connectivity index is 0.000000215. The summed E-state index contributed by atoms with van der Waals surface area (Å²) in [6.07, 6.45) is 5.36. The second-order valence-corrected chi connectivity index (χ2v) is 14.6. The van der Waals surface area contributed by atoms with Gasteiger partial charge in [0.05, 0.1) is 25.0 Å². The van der Waals surface area contributed by atoms with Gasteiger partial charge in [-0.1, -0.05) is 103 Å². The van der Waals surface area contributed by atoms with Gasteiger partial charge in [-0.2, -0.15) is 0 Å². The van der Waals surface area contributed by atoms with Gasteiger partial charge in [-0.25, -0.2) is 14.8 Å². The van der Waals surface area contributed by atoms with Gasteiger partial charge in [0, 0.05) is 15.6 Å². The van der Waals surface area contributed by atoms with Gasteiger partial charge < -0.3 is 23.4 Å². The van der Waals surface area contributed by atoms with Crippen molar-refractivity contribution in [2.45, 2.75) is 89.0 Å². The van der Waals surface area contributed by atoms with E-state index in [9.17, 15) is 9.90 Å². The average Bonchev–Trinajstić information content (AvgIpc) is 3.74. The molecule has 1 unspecified atom stereocenters. The van der Waals surface area contributed by atoms with Crippen LogP contribution < -0.4 is 0 Å². The quantitative estimate of drug-likeness (QED) is 0.0961. The van der Waals surface area contributed by atoms with Crippen molar-refractivity contribution < 1.29 is 28.2 Å². The van der Waals surface area contributed by atoms with Gasteiger partial charge in [0.2, 0.25) is 11.8 Å². The summed E-state index contributed by atoms with van der Waals surface area (Å²) >= 11 is 2.30. The Morgan fingerprint density at radius 2 is 1.40 bits per heavy atom. The molecule has 1 aliphatic carbocycles. The van der Waals surface area contributed by atoms with Crippen molar-refractivity contribution in [1.29, 1.82) is 0 Å². The fourth-order valence-electron chi connectivity index (χ4n) is 6.77. The normalized spacial score (nSPS) is 17.1. The molecule has 8 nitrogen and oxygen atoms in total. The number of aryl methyl sites for hydroxylation is 2. The molecule has 0 aliphatic heterocycles. The summed E-state index contributed by atoms with van der Waals surface area (Å²) in [4.78, 5) is 20.9. The zero-order valence-electron chi connectivity index (χ0n) is 30.4. The molecule has 2 aromatic heterocycles. The number of hydrogen-bond donors (Lipinski definition) is 1. The topological polar surface area (TPSA) is 108 Å². The molecule has 7 rings (SSSR count). The van der Waals surface area contributed by atoms with Gasteiger partial charge in [0.25, 0.3) is 0 Å². The molecule has 272 valence electrons. The summed E-state index contributed by atoms with van der Waals surface area (Å²) in [7, 11) is 0. The van der Waals surface area contributed by atoms with E-state index in [1.165, 1.54) is 16.2 Å². The molecule has 2 heterocycles. The molecule has 0 saturated heterocycles. The summed E-state index contributed by atoms with van der Waals surface area (Å²) in [6.45, 7) is 8.41. The number of fused-ring (bicyclic) bond motifs is 2. The number of ether oxygens (including phenoxy) is 2. The van der Waals surface area contributed by atoms with Crippen molar-refractivity contribution in [1.82, 2.24) is 9.97 Å². The summed E-state index contributed by atoms with van der Waals surface area (Å²) < 4.78 is 24.7. The number of benzene rings is 4. The van der Waals surface area contributed by atoms with E-state index in [-0.39, 0.29) is 6.10 Å². The third kappa shape index (κ3) is 9.11. The molecule has 0 amide bonds. The summed E-state index contributed by atoms with van der Waals surface area (Å²) in [5, 5.41) is 14.3. The largest absolute Gasteiger partial charge is 0.479 e. The van der Waals surface area contributed by atoms with Crippen LogP contribution in [-0.2, 0) is 25.3 Å². The van der Waals surface area contributed by atoms with Crippen LogP contribution in [0.3, 0.4) is 0 Å². The minimum Gasteiger partial charge on any atom is -0.479 e. The van der Waals surface area contributed by atoms with E-state index < -0.39 is 11.6 Å². The third-order valence-electron chi connectivity index (χ3n) is 9.91. The number of nitrogens with zero attached hydrogens (tertiary/aromatic N) is 2. The predicted molar refractivity (Wildman–Crippen MR) is 214 cm³/mol. The van der Waals surface area contributed by atoms with E-state index in [2.05, 4.69) is 82.2 Å². The van der Waals surface area contributed by atoms with Gasteiger partial charge in [-0.05, 0) is 98.2 Å². The van der Waals surface area contributed by atoms with Crippen LogP contribution in [0.5, 0.6) is 0 Å². The SMILES string of the molecule is CCCC(C)(OC[C@@H]1CCC[C@H](OCc2nc(-c3ccc4ccccc4c3)oc2C)C1)C(=O)O.Cc1oc(-c2ccc3ccccc3c2)nc1CI. The lowest BCUT2D eigenvalue weighted by atomic mass is 9.87. The van der Waals surface area contributed by atoms with Crippen LogP contribution in [-0.4, -0.2) is 39.4 Å². The number of alkyl halides is 1. The van der Waals surface area contributed by atoms with Crippen molar-refractivity contribution in [3.05, 3.63) is 108 Å². The van der Waals surface area contributed by atoms with Gasteiger partial charge in [-0.3, -0.25) is 0 Å². The Kier molecular flexibility index (Phi) is 12.5. The number of carbonyl (C=O) groups is 1.